The summed E-state index contributed by atoms with van der Waals surface area (Å²) in [7, 11) is 1.29. The van der Waals surface area contributed by atoms with Crippen molar-refractivity contribution in [3.63, 3.8) is 0 Å². The number of hydrogen-bond acceptors (Lipinski definition) is 5. The SMILES string of the molecule is COC(=O)NCCCC(O)(c1cccc(F)c1-c1cccc(C)c1)[C@@H]1CCCN(C(=O)c2ccc(CN=C(N)N)cc2)C1. The van der Waals surface area contributed by atoms with E-state index in [0.29, 0.717) is 61.2 Å². The van der Waals surface area contributed by atoms with Crippen molar-refractivity contribution in [1.29, 1.82) is 0 Å². The summed E-state index contributed by atoms with van der Waals surface area (Å²) < 4.78 is 20.3. The van der Waals surface area contributed by atoms with Crippen molar-refractivity contribution in [2.75, 3.05) is 26.7 Å². The van der Waals surface area contributed by atoms with Crippen molar-refractivity contribution in [3.05, 3.63) is 94.8 Å². The van der Waals surface area contributed by atoms with E-state index in [-0.39, 0.29) is 30.8 Å². The van der Waals surface area contributed by atoms with Gasteiger partial charge in [-0.3, -0.25) is 4.79 Å². The van der Waals surface area contributed by atoms with Crippen molar-refractivity contribution in [2.45, 2.75) is 44.8 Å². The molecule has 1 aliphatic heterocycles. The third-order valence-corrected chi connectivity index (χ3v) is 8.01. The number of aliphatic hydroxyl groups is 1. The number of ether oxygens (including phenoxy) is 1. The van der Waals surface area contributed by atoms with Crippen molar-refractivity contribution >= 4 is 18.0 Å². The molecule has 4 rings (SSSR count). The summed E-state index contributed by atoms with van der Waals surface area (Å²) in [5.41, 5.74) is 13.2. The number of amides is 2. The van der Waals surface area contributed by atoms with Crippen LogP contribution >= 0.6 is 0 Å². The molecule has 228 valence electrons. The fourth-order valence-corrected chi connectivity index (χ4v) is 5.83. The average molecular weight is 590 g/mol. The number of likely N-dealkylation sites (tertiary alicyclic amines) is 1. The van der Waals surface area contributed by atoms with Gasteiger partial charge < -0.3 is 31.5 Å². The molecule has 0 radical (unpaired) electrons. The second-order valence-corrected chi connectivity index (χ2v) is 11.0. The Labute approximate surface area is 251 Å². The average Bonchev–Trinajstić information content (AvgIpc) is 3.01. The second-order valence-electron chi connectivity index (χ2n) is 11.0. The molecule has 6 N–H and O–H groups in total. The number of methoxy groups -OCH3 is 1. The number of nitrogens with one attached hydrogen (secondary N) is 1. The van der Waals surface area contributed by atoms with Gasteiger partial charge in [0.2, 0.25) is 0 Å². The molecule has 0 saturated carbocycles. The molecule has 0 aromatic heterocycles. The number of piperidine rings is 1. The van der Waals surface area contributed by atoms with Crippen LogP contribution in [0.15, 0.2) is 71.7 Å². The Morgan fingerprint density at radius 1 is 1.14 bits per heavy atom. The van der Waals surface area contributed by atoms with Crippen LogP contribution in [0.1, 0.15) is 52.7 Å². The lowest BCUT2D eigenvalue weighted by molar-refractivity contribution is -0.0564. The molecule has 0 aliphatic carbocycles. The van der Waals surface area contributed by atoms with E-state index in [4.69, 9.17) is 11.5 Å². The van der Waals surface area contributed by atoms with Crippen LogP contribution in [0.5, 0.6) is 0 Å². The summed E-state index contributed by atoms with van der Waals surface area (Å²) in [6.45, 7) is 3.36. The number of nitrogens with two attached hydrogens (primary N) is 2. The van der Waals surface area contributed by atoms with Gasteiger partial charge in [0.15, 0.2) is 5.96 Å². The molecule has 43 heavy (non-hydrogen) atoms. The van der Waals surface area contributed by atoms with Crippen LogP contribution in [-0.2, 0) is 16.9 Å². The number of benzene rings is 3. The number of aliphatic imine (C=N–C) groups is 1. The number of carbonyl (C=O) groups excluding carboxylic acids is 2. The normalized spacial score (nSPS) is 16.2. The highest BCUT2D eigenvalue weighted by molar-refractivity contribution is 5.94. The molecule has 2 amide bonds. The second kappa shape index (κ2) is 14.2. The number of alkyl carbamates (subject to hydrolysis) is 1. The molecular formula is C33H40FN5O4. The molecule has 1 aliphatic rings. The third-order valence-electron chi connectivity index (χ3n) is 8.01. The molecular weight excluding hydrogens is 549 g/mol. The molecule has 1 heterocycles. The monoisotopic (exact) mass is 589 g/mol. The summed E-state index contributed by atoms with van der Waals surface area (Å²) in [5.74, 6) is -0.962. The molecule has 3 aromatic rings. The van der Waals surface area contributed by atoms with Gasteiger partial charge in [-0.05, 0) is 67.5 Å². The van der Waals surface area contributed by atoms with Gasteiger partial charge in [-0.25, -0.2) is 14.2 Å². The standard InChI is InChI=1S/C33H40FN5O4/c1-22-7-3-8-25(19-22)29-27(10-4-11-28(29)34)33(42,16-6-17-37-32(41)43-2)26-9-5-18-39(21-26)30(40)24-14-12-23(13-15-24)20-38-31(35)36/h3-4,7-8,10-15,19,26,42H,5-6,9,16-18,20-21H2,1-2H3,(H,37,41)(H4,35,36,38)/t26-,33?/m1/s1. The Morgan fingerprint density at radius 2 is 1.88 bits per heavy atom. The quantitative estimate of drug-likeness (QED) is 0.156. The first-order valence-corrected chi connectivity index (χ1v) is 14.5. The zero-order valence-electron chi connectivity index (χ0n) is 24.7. The zero-order valence-corrected chi connectivity index (χ0v) is 24.7. The van der Waals surface area contributed by atoms with Gasteiger partial charge in [-0.1, -0.05) is 54.1 Å². The van der Waals surface area contributed by atoms with Crippen molar-refractivity contribution in [1.82, 2.24) is 10.2 Å². The Kier molecular flexibility index (Phi) is 10.4. The van der Waals surface area contributed by atoms with Crippen LogP contribution in [0.3, 0.4) is 0 Å². The zero-order chi connectivity index (χ0) is 31.0. The van der Waals surface area contributed by atoms with Gasteiger partial charge in [-0.15, -0.1) is 0 Å². The predicted molar refractivity (Wildman–Crippen MR) is 165 cm³/mol. The lowest BCUT2D eigenvalue weighted by Gasteiger charge is -2.43. The first-order chi connectivity index (χ1) is 20.6. The van der Waals surface area contributed by atoms with Crippen LogP contribution in [0.25, 0.3) is 11.1 Å². The number of aryl methyl sites for hydroxylation is 1. The fraction of sp³-hybridized carbons (Fsp3) is 0.364. The highest BCUT2D eigenvalue weighted by atomic mass is 19.1. The molecule has 1 fully saturated rings. The molecule has 1 saturated heterocycles. The van der Waals surface area contributed by atoms with E-state index in [2.05, 4.69) is 15.0 Å². The minimum Gasteiger partial charge on any atom is -0.453 e. The number of nitrogens with zero attached hydrogens (tertiary/aromatic N) is 2. The van der Waals surface area contributed by atoms with Gasteiger partial charge in [0.25, 0.3) is 5.91 Å². The molecule has 9 nitrogen and oxygen atoms in total. The number of hydrogen-bond donors (Lipinski definition) is 4. The third kappa shape index (κ3) is 7.70. The summed E-state index contributed by atoms with van der Waals surface area (Å²) >= 11 is 0. The lowest BCUT2D eigenvalue weighted by Crippen LogP contribution is -2.48. The molecule has 2 atom stereocenters. The highest BCUT2D eigenvalue weighted by Gasteiger charge is 2.43. The van der Waals surface area contributed by atoms with Crippen molar-refractivity contribution in [3.8, 4) is 11.1 Å². The first-order valence-electron chi connectivity index (χ1n) is 14.5. The van der Waals surface area contributed by atoms with E-state index < -0.39 is 17.5 Å². The summed E-state index contributed by atoms with van der Waals surface area (Å²) in [6.07, 6.45) is 1.42. The van der Waals surface area contributed by atoms with E-state index in [9.17, 15) is 14.7 Å². The summed E-state index contributed by atoms with van der Waals surface area (Å²) in [6, 6.07) is 19.4. The molecule has 0 spiro atoms. The van der Waals surface area contributed by atoms with Crippen LogP contribution < -0.4 is 16.8 Å². The predicted octanol–water partition coefficient (Wildman–Crippen LogP) is 4.45. The number of carbonyl (C=O) groups is 2. The molecule has 3 aromatic carbocycles. The van der Waals surface area contributed by atoms with Crippen LogP contribution in [0.2, 0.25) is 0 Å². The maximum atomic E-state index is 15.6. The van der Waals surface area contributed by atoms with Gasteiger partial charge in [-0.2, -0.15) is 0 Å². The van der Waals surface area contributed by atoms with E-state index in [0.717, 1.165) is 11.1 Å². The Morgan fingerprint density at radius 3 is 2.58 bits per heavy atom. The van der Waals surface area contributed by atoms with E-state index in [1.165, 1.54) is 13.2 Å². The highest BCUT2D eigenvalue weighted by Crippen LogP contribution is 2.44. The Balaban J connectivity index is 1.65. The maximum absolute atomic E-state index is 15.6. The minimum atomic E-state index is -1.48. The van der Waals surface area contributed by atoms with Crippen LogP contribution in [-0.4, -0.2) is 54.7 Å². The maximum Gasteiger partial charge on any atom is 0.406 e. The van der Waals surface area contributed by atoms with E-state index in [1.807, 2.05) is 43.3 Å². The Bertz CT molecular complexity index is 1460. The topological polar surface area (TPSA) is 143 Å². The number of guanidine groups is 1. The largest absolute Gasteiger partial charge is 0.453 e. The first kappa shape index (κ1) is 31.5. The fourth-order valence-electron chi connectivity index (χ4n) is 5.83. The molecule has 10 heteroatoms. The van der Waals surface area contributed by atoms with Crippen molar-refractivity contribution < 1.29 is 23.8 Å². The minimum absolute atomic E-state index is 0.00284. The smallest absolute Gasteiger partial charge is 0.406 e. The summed E-state index contributed by atoms with van der Waals surface area (Å²) in [4.78, 5) is 31.0. The summed E-state index contributed by atoms with van der Waals surface area (Å²) in [5, 5.41) is 15.3. The van der Waals surface area contributed by atoms with Gasteiger partial charge >= 0.3 is 6.09 Å². The molecule has 1 unspecified atom stereocenters. The van der Waals surface area contributed by atoms with Crippen LogP contribution in [0, 0.1) is 18.7 Å². The number of rotatable bonds is 10. The van der Waals surface area contributed by atoms with Gasteiger partial charge in [0, 0.05) is 36.7 Å². The van der Waals surface area contributed by atoms with Gasteiger partial charge in [0.05, 0.1) is 19.3 Å². The van der Waals surface area contributed by atoms with Crippen LogP contribution in [0.4, 0.5) is 9.18 Å². The lowest BCUT2D eigenvalue weighted by atomic mass is 9.72. The molecule has 0 bridgehead atoms. The van der Waals surface area contributed by atoms with E-state index >= 15 is 4.39 Å². The van der Waals surface area contributed by atoms with Gasteiger partial charge in [0.1, 0.15) is 5.82 Å². The van der Waals surface area contributed by atoms with Crippen molar-refractivity contribution in [2.24, 2.45) is 22.4 Å². The Hall–Kier alpha value is -4.44. The number of halogens is 1. The van der Waals surface area contributed by atoms with E-state index in [1.54, 1.807) is 29.2 Å².